The first-order chi connectivity index (χ1) is 6.54. The maximum Gasteiger partial charge on any atom is 0.313 e. The normalized spacial score (nSPS) is 24.7. The van der Waals surface area contributed by atoms with Gasteiger partial charge in [0, 0.05) is 0 Å². The van der Waals surface area contributed by atoms with Gasteiger partial charge >= 0.3 is 5.97 Å². The van der Waals surface area contributed by atoms with E-state index in [1.165, 1.54) is 5.56 Å². The van der Waals surface area contributed by atoms with Gasteiger partial charge in [-0.05, 0) is 37.8 Å². The van der Waals surface area contributed by atoms with Gasteiger partial charge in [0.25, 0.3) is 0 Å². The molecule has 0 saturated heterocycles. The number of carboxylic acid groups (broad SMARTS) is 1. The van der Waals surface area contributed by atoms with E-state index >= 15 is 0 Å². The number of fused-ring (bicyclic) bond motifs is 1. The van der Waals surface area contributed by atoms with Crippen molar-refractivity contribution in [3.8, 4) is 0 Å². The summed E-state index contributed by atoms with van der Waals surface area (Å²) in [5, 5.41) is 9.21. The Morgan fingerprint density at radius 2 is 2.21 bits per heavy atom. The maximum absolute atomic E-state index is 11.2. The molecule has 0 aliphatic heterocycles. The zero-order valence-corrected chi connectivity index (χ0v) is 8.50. The molecule has 74 valence electrons. The second-order valence-electron chi connectivity index (χ2n) is 4.30. The summed E-state index contributed by atoms with van der Waals surface area (Å²) in [7, 11) is 0. The third kappa shape index (κ3) is 1.14. The molecule has 1 aromatic carbocycles. The Morgan fingerprint density at radius 1 is 1.50 bits per heavy atom. The second kappa shape index (κ2) is 2.84. The fourth-order valence-corrected chi connectivity index (χ4v) is 2.16. The summed E-state index contributed by atoms with van der Waals surface area (Å²) in [5.41, 5.74) is 2.67. The van der Waals surface area contributed by atoms with E-state index in [1.807, 2.05) is 26.0 Å². The molecule has 2 heteroatoms. The van der Waals surface area contributed by atoms with E-state index in [0.717, 1.165) is 24.0 Å². The molecule has 0 fully saturated rings. The lowest BCUT2D eigenvalue weighted by molar-refractivity contribution is -0.143. The smallest absolute Gasteiger partial charge is 0.313 e. The van der Waals surface area contributed by atoms with Gasteiger partial charge in [0.05, 0.1) is 5.41 Å². The van der Waals surface area contributed by atoms with Crippen LogP contribution in [0.2, 0.25) is 0 Å². The highest BCUT2D eigenvalue weighted by molar-refractivity contribution is 5.82. The van der Waals surface area contributed by atoms with E-state index < -0.39 is 11.4 Å². The molecule has 2 nitrogen and oxygen atoms in total. The average molecular weight is 190 g/mol. The third-order valence-electron chi connectivity index (χ3n) is 3.23. The molecule has 0 heterocycles. The lowest BCUT2D eigenvalue weighted by Gasteiger charge is -2.19. The van der Waals surface area contributed by atoms with Gasteiger partial charge in [-0.1, -0.05) is 23.8 Å². The van der Waals surface area contributed by atoms with Crippen molar-refractivity contribution in [1.82, 2.24) is 0 Å². The highest BCUT2D eigenvalue weighted by atomic mass is 16.4. The van der Waals surface area contributed by atoms with Crippen LogP contribution in [0, 0.1) is 6.92 Å². The number of benzene rings is 1. The molecule has 2 rings (SSSR count). The standard InChI is InChI=1S/C12H14O2/c1-8-3-4-9-5-6-12(2,11(13)14)10(9)7-8/h3-4,7H,5-6H2,1-2H3,(H,13,14). The number of hydrogen-bond acceptors (Lipinski definition) is 1. The summed E-state index contributed by atoms with van der Waals surface area (Å²) in [5.74, 6) is -0.707. The Kier molecular flexibility index (Phi) is 1.88. The van der Waals surface area contributed by atoms with Crippen LogP contribution in [0.3, 0.4) is 0 Å². The first kappa shape index (κ1) is 9.25. The molecule has 0 spiro atoms. The van der Waals surface area contributed by atoms with Gasteiger partial charge in [-0.25, -0.2) is 0 Å². The van der Waals surface area contributed by atoms with Crippen molar-refractivity contribution >= 4 is 5.97 Å². The van der Waals surface area contributed by atoms with Crippen molar-refractivity contribution in [1.29, 1.82) is 0 Å². The maximum atomic E-state index is 11.2. The Labute approximate surface area is 83.6 Å². The van der Waals surface area contributed by atoms with Crippen molar-refractivity contribution in [2.24, 2.45) is 0 Å². The molecule has 0 aromatic heterocycles. The zero-order chi connectivity index (χ0) is 10.3. The first-order valence-electron chi connectivity index (χ1n) is 4.87. The minimum Gasteiger partial charge on any atom is -0.481 e. The largest absolute Gasteiger partial charge is 0.481 e. The van der Waals surface area contributed by atoms with E-state index in [4.69, 9.17) is 0 Å². The van der Waals surface area contributed by atoms with Crippen molar-refractivity contribution in [3.05, 3.63) is 34.9 Å². The molecule has 1 N–H and O–H groups in total. The lowest BCUT2D eigenvalue weighted by Crippen LogP contribution is -2.29. The summed E-state index contributed by atoms with van der Waals surface area (Å²) in [6.07, 6.45) is 1.61. The Morgan fingerprint density at radius 3 is 2.86 bits per heavy atom. The van der Waals surface area contributed by atoms with Gasteiger partial charge in [-0.15, -0.1) is 0 Å². The van der Waals surface area contributed by atoms with Crippen LogP contribution in [0.15, 0.2) is 18.2 Å². The van der Waals surface area contributed by atoms with Crippen LogP contribution < -0.4 is 0 Å². The van der Waals surface area contributed by atoms with Gasteiger partial charge in [0.2, 0.25) is 0 Å². The Bertz CT molecular complexity index is 395. The van der Waals surface area contributed by atoms with Crippen LogP contribution in [0.4, 0.5) is 0 Å². The number of carboxylic acids is 1. The highest BCUT2D eigenvalue weighted by Crippen LogP contribution is 2.39. The summed E-state index contributed by atoms with van der Waals surface area (Å²) in [6.45, 7) is 3.82. The average Bonchev–Trinajstić information content (AvgIpc) is 2.46. The minimum atomic E-state index is -0.707. The molecule has 0 saturated carbocycles. The highest BCUT2D eigenvalue weighted by Gasteiger charge is 2.40. The van der Waals surface area contributed by atoms with Gasteiger partial charge < -0.3 is 5.11 Å². The van der Waals surface area contributed by atoms with Gasteiger partial charge in [-0.3, -0.25) is 4.79 Å². The summed E-state index contributed by atoms with van der Waals surface area (Å²) < 4.78 is 0. The SMILES string of the molecule is Cc1ccc2c(c1)C(C)(C(=O)O)CC2. The molecule has 1 atom stereocenters. The summed E-state index contributed by atoms with van der Waals surface area (Å²) >= 11 is 0. The first-order valence-corrected chi connectivity index (χ1v) is 4.87. The number of aryl methyl sites for hydroxylation is 2. The van der Waals surface area contributed by atoms with E-state index in [9.17, 15) is 9.90 Å². The molecule has 1 unspecified atom stereocenters. The number of rotatable bonds is 1. The van der Waals surface area contributed by atoms with Gasteiger partial charge in [-0.2, -0.15) is 0 Å². The monoisotopic (exact) mass is 190 g/mol. The number of hydrogen-bond donors (Lipinski definition) is 1. The Hall–Kier alpha value is -1.31. The van der Waals surface area contributed by atoms with Crippen molar-refractivity contribution < 1.29 is 9.90 Å². The molecular formula is C12H14O2. The molecular weight excluding hydrogens is 176 g/mol. The number of aliphatic carboxylic acids is 1. The van der Waals surface area contributed by atoms with Crippen molar-refractivity contribution in [2.75, 3.05) is 0 Å². The summed E-state index contributed by atoms with van der Waals surface area (Å²) in [4.78, 5) is 11.2. The molecule has 1 aliphatic carbocycles. The minimum absolute atomic E-state index is 0.665. The molecule has 14 heavy (non-hydrogen) atoms. The van der Waals surface area contributed by atoms with E-state index in [0.29, 0.717) is 0 Å². The Balaban J connectivity index is 2.58. The predicted octanol–water partition coefficient (Wildman–Crippen LogP) is 2.28. The van der Waals surface area contributed by atoms with Crippen LogP contribution in [0.5, 0.6) is 0 Å². The van der Waals surface area contributed by atoms with Crippen LogP contribution in [0.1, 0.15) is 30.0 Å². The quantitative estimate of drug-likeness (QED) is 0.737. The molecule has 1 aliphatic rings. The van der Waals surface area contributed by atoms with Crippen molar-refractivity contribution in [3.63, 3.8) is 0 Å². The molecule has 1 aromatic rings. The zero-order valence-electron chi connectivity index (χ0n) is 8.50. The van der Waals surface area contributed by atoms with E-state index in [2.05, 4.69) is 6.07 Å². The third-order valence-corrected chi connectivity index (χ3v) is 3.23. The lowest BCUT2D eigenvalue weighted by atomic mass is 9.84. The topological polar surface area (TPSA) is 37.3 Å². The van der Waals surface area contributed by atoms with Crippen molar-refractivity contribution in [2.45, 2.75) is 32.1 Å². The van der Waals surface area contributed by atoms with E-state index in [1.54, 1.807) is 0 Å². The summed E-state index contributed by atoms with van der Waals surface area (Å²) in [6, 6.07) is 6.11. The number of carbonyl (C=O) groups is 1. The second-order valence-corrected chi connectivity index (χ2v) is 4.30. The molecule has 0 radical (unpaired) electrons. The molecule has 0 bridgehead atoms. The van der Waals surface area contributed by atoms with Gasteiger partial charge in [0.15, 0.2) is 0 Å². The van der Waals surface area contributed by atoms with Gasteiger partial charge in [0.1, 0.15) is 0 Å². The van der Waals surface area contributed by atoms with Crippen LogP contribution in [-0.4, -0.2) is 11.1 Å². The van der Waals surface area contributed by atoms with Crippen LogP contribution in [0.25, 0.3) is 0 Å². The van der Waals surface area contributed by atoms with Crippen LogP contribution in [-0.2, 0) is 16.6 Å². The molecule has 0 amide bonds. The fraction of sp³-hybridized carbons (Fsp3) is 0.417. The van der Waals surface area contributed by atoms with Crippen LogP contribution >= 0.6 is 0 Å². The fourth-order valence-electron chi connectivity index (χ4n) is 2.16. The van der Waals surface area contributed by atoms with E-state index in [-0.39, 0.29) is 0 Å². The predicted molar refractivity (Wildman–Crippen MR) is 54.5 cm³/mol.